The summed E-state index contributed by atoms with van der Waals surface area (Å²) in [6.45, 7) is 9.64. The Morgan fingerprint density at radius 1 is 1.00 bits per heavy atom. The highest BCUT2D eigenvalue weighted by molar-refractivity contribution is 8.27. The lowest BCUT2D eigenvalue weighted by Crippen LogP contribution is -2.35. The number of amides is 1. The van der Waals surface area contributed by atoms with E-state index in [-0.39, 0.29) is 16.8 Å². The minimum absolute atomic E-state index is 0.0456. The van der Waals surface area contributed by atoms with Crippen molar-refractivity contribution in [3.05, 3.63) is 59.2 Å². The van der Waals surface area contributed by atoms with E-state index in [1.54, 1.807) is 6.08 Å². The minimum Gasteiger partial charge on any atom is -0.490 e. The van der Waals surface area contributed by atoms with E-state index in [0.717, 1.165) is 23.6 Å². The van der Waals surface area contributed by atoms with Crippen molar-refractivity contribution >= 4 is 39.8 Å². The summed E-state index contributed by atoms with van der Waals surface area (Å²) in [7, 11) is 0. The number of hydrogen-bond acceptors (Lipinski definition) is 7. The second-order valence-corrected chi connectivity index (χ2v) is 12.4. The molecule has 1 saturated carbocycles. The summed E-state index contributed by atoms with van der Waals surface area (Å²) < 4.78 is 17.7. The molecule has 9 heteroatoms. The number of rotatable bonds is 9. The largest absolute Gasteiger partial charge is 0.490 e. The third kappa shape index (κ3) is 6.84. The van der Waals surface area contributed by atoms with Crippen LogP contribution in [0.5, 0.6) is 17.2 Å². The summed E-state index contributed by atoms with van der Waals surface area (Å²) >= 11 is 1.43. The first-order valence-corrected chi connectivity index (χ1v) is 15.2. The number of carbonyl (C=O) groups is 1. The van der Waals surface area contributed by atoms with E-state index in [1.165, 1.54) is 41.6 Å². The molecule has 0 atom stereocenters. The highest BCUT2D eigenvalue weighted by Gasteiger charge is 2.38. The van der Waals surface area contributed by atoms with Gasteiger partial charge >= 0.3 is 0 Å². The summed E-state index contributed by atoms with van der Waals surface area (Å²) in [6, 6.07) is 13.6. The SMILES string of the molecule is CCOc1cc(C=C2C(=N)N3N=C(C4CCCCC4)SC3=NC2=O)ccc1OCCOc1ccc(C(C)(C)C)cc1. The Labute approximate surface area is 246 Å². The van der Waals surface area contributed by atoms with Crippen LogP contribution in [0.1, 0.15) is 70.9 Å². The molecule has 1 aliphatic carbocycles. The van der Waals surface area contributed by atoms with Crippen LogP contribution in [0, 0.1) is 11.3 Å². The molecule has 8 nitrogen and oxygen atoms in total. The number of nitrogens with one attached hydrogen (secondary N) is 1. The predicted molar refractivity (Wildman–Crippen MR) is 165 cm³/mol. The highest BCUT2D eigenvalue weighted by atomic mass is 32.2. The van der Waals surface area contributed by atoms with Gasteiger partial charge < -0.3 is 14.2 Å². The third-order valence-electron chi connectivity index (χ3n) is 7.33. The van der Waals surface area contributed by atoms with Crippen molar-refractivity contribution in [3.8, 4) is 17.2 Å². The maximum atomic E-state index is 12.9. The molecule has 2 aromatic rings. The standard InChI is InChI=1S/C32H38N4O4S/c1-5-38-27-20-21(11-16-26(27)40-18-17-39-24-14-12-23(13-15-24)32(2,3)4)19-25-28(33)36-31(34-29(25)37)41-30(35-36)22-9-7-6-8-10-22/h11-16,19-20,22,33H,5-10,17-18H2,1-4H3. The first-order chi connectivity index (χ1) is 19.7. The van der Waals surface area contributed by atoms with Crippen LogP contribution in [0.4, 0.5) is 0 Å². The molecule has 3 aliphatic rings. The van der Waals surface area contributed by atoms with Crippen molar-refractivity contribution in [2.75, 3.05) is 19.8 Å². The Kier molecular flexibility index (Phi) is 8.82. The normalized spacial score (nSPS) is 18.7. The molecular weight excluding hydrogens is 536 g/mol. The van der Waals surface area contributed by atoms with Crippen LogP contribution in [0.25, 0.3) is 6.08 Å². The number of nitrogens with zero attached hydrogens (tertiary/aromatic N) is 3. The zero-order valence-electron chi connectivity index (χ0n) is 24.2. The molecule has 216 valence electrons. The molecule has 0 radical (unpaired) electrons. The molecule has 2 heterocycles. The van der Waals surface area contributed by atoms with Gasteiger partial charge in [-0.25, -0.2) is 0 Å². The molecule has 41 heavy (non-hydrogen) atoms. The van der Waals surface area contributed by atoms with Gasteiger partial charge in [0.15, 0.2) is 17.3 Å². The van der Waals surface area contributed by atoms with E-state index in [9.17, 15) is 4.79 Å². The van der Waals surface area contributed by atoms with Crippen LogP contribution in [0.3, 0.4) is 0 Å². The van der Waals surface area contributed by atoms with Gasteiger partial charge in [-0.3, -0.25) is 10.2 Å². The van der Waals surface area contributed by atoms with Crippen molar-refractivity contribution in [2.45, 2.75) is 65.2 Å². The summed E-state index contributed by atoms with van der Waals surface area (Å²) in [5, 5.41) is 16.4. The Morgan fingerprint density at radius 3 is 2.44 bits per heavy atom. The number of ether oxygens (including phenoxy) is 3. The molecule has 2 aromatic carbocycles. The first-order valence-electron chi connectivity index (χ1n) is 14.4. The molecule has 0 bridgehead atoms. The van der Waals surface area contributed by atoms with Crippen molar-refractivity contribution in [3.63, 3.8) is 0 Å². The molecule has 2 aliphatic heterocycles. The Morgan fingerprint density at radius 2 is 1.73 bits per heavy atom. The van der Waals surface area contributed by atoms with E-state index < -0.39 is 5.91 Å². The molecule has 1 N–H and O–H groups in total. The van der Waals surface area contributed by atoms with Crippen LogP contribution in [-0.4, -0.2) is 46.8 Å². The van der Waals surface area contributed by atoms with Crippen LogP contribution in [0.2, 0.25) is 0 Å². The molecule has 1 amide bonds. The fourth-order valence-corrected chi connectivity index (χ4v) is 6.11. The molecule has 5 rings (SSSR count). The number of benzene rings is 2. The van der Waals surface area contributed by atoms with Gasteiger partial charge in [0.05, 0.1) is 12.2 Å². The van der Waals surface area contributed by atoms with Crippen LogP contribution >= 0.6 is 11.8 Å². The van der Waals surface area contributed by atoms with E-state index >= 15 is 0 Å². The lowest BCUT2D eigenvalue weighted by atomic mass is 9.87. The average Bonchev–Trinajstić information content (AvgIpc) is 3.39. The van der Waals surface area contributed by atoms with Gasteiger partial charge in [0, 0.05) is 5.92 Å². The Balaban J connectivity index is 1.24. The van der Waals surface area contributed by atoms with E-state index in [1.807, 2.05) is 37.3 Å². The number of hydrazone groups is 1. The number of carbonyl (C=O) groups excluding carboxylic acids is 1. The molecule has 0 spiro atoms. The van der Waals surface area contributed by atoms with Crippen molar-refractivity contribution < 1.29 is 19.0 Å². The quantitative estimate of drug-likeness (QED) is 0.255. The smallest absolute Gasteiger partial charge is 0.283 e. The van der Waals surface area contributed by atoms with Crippen molar-refractivity contribution in [2.24, 2.45) is 16.0 Å². The topological polar surface area (TPSA) is 96.6 Å². The van der Waals surface area contributed by atoms with Crippen LogP contribution in [0.15, 0.2) is 58.1 Å². The van der Waals surface area contributed by atoms with Crippen LogP contribution in [-0.2, 0) is 10.2 Å². The van der Waals surface area contributed by atoms with Crippen molar-refractivity contribution in [1.29, 1.82) is 5.41 Å². The summed E-state index contributed by atoms with van der Waals surface area (Å²) in [5.41, 5.74) is 2.27. The molecule has 0 aromatic heterocycles. The highest BCUT2D eigenvalue weighted by Crippen LogP contribution is 2.37. The second kappa shape index (κ2) is 12.5. The van der Waals surface area contributed by atoms with Crippen molar-refractivity contribution in [1.82, 2.24) is 5.01 Å². The summed E-state index contributed by atoms with van der Waals surface area (Å²) in [5.74, 6) is 1.95. The number of amidine groups is 2. The lowest BCUT2D eigenvalue weighted by molar-refractivity contribution is -0.114. The zero-order valence-corrected chi connectivity index (χ0v) is 25.1. The minimum atomic E-state index is -0.431. The monoisotopic (exact) mass is 574 g/mol. The second-order valence-electron chi connectivity index (χ2n) is 11.4. The third-order valence-corrected chi connectivity index (χ3v) is 8.40. The Bertz CT molecular complexity index is 1390. The average molecular weight is 575 g/mol. The van der Waals surface area contributed by atoms with Gasteiger partial charge in [-0.1, -0.05) is 58.2 Å². The van der Waals surface area contributed by atoms with Gasteiger partial charge in [0.2, 0.25) is 5.17 Å². The number of thioether (sulfide) groups is 1. The number of aliphatic imine (C=N–C) groups is 1. The van der Waals surface area contributed by atoms with Crippen LogP contribution < -0.4 is 14.2 Å². The Hall–Kier alpha value is -3.59. The van der Waals surface area contributed by atoms with Gasteiger partial charge in [0.25, 0.3) is 5.91 Å². The molecule has 0 saturated heterocycles. The van der Waals surface area contributed by atoms with Gasteiger partial charge in [-0.05, 0) is 78.4 Å². The van der Waals surface area contributed by atoms with E-state index in [2.05, 4.69) is 43.0 Å². The van der Waals surface area contributed by atoms with Gasteiger partial charge in [-0.15, -0.1) is 0 Å². The lowest BCUT2D eigenvalue weighted by Gasteiger charge is -2.20. The fourth-order valence-electron chi connectivity index (χ4n) is 5.05. The summed E-state index contributed by atoms with van der Waals surface area (Å²) in [6.07, 6.45) is 7.51. The van der Waals surface area contributed by atoms with E-state index in [0.29, 0.717) is 48.0 Å². The first kappa shape index (κ1) is 28.9. The number of hydrogen-bond donors (Lipinski definition) is 1. The van der Waals surface area contributed by atoms with E-state index in [4.69, 9.17) is 19.6 Å². The summed E-state index contributed by atoms with van der Waals surface area (Å²) in [4.78, 5) is 17.2. The predicted octanol–water partition coefficient (Wildman–Crippen LogP) is 7.04. The zero-order chi connectivity index (χ0) is 29.0. The number of fused-ring (bicyclic) bond motifs is 1. The maximum Gasteiger partial charge on any atom is 0.283 e. The molecular formula is C32H38N4O4S. The maximum absolute atomic E-state index is 12.9. The molecule has 1 fully saturated rings. The van der Waals surface area contributed by atoms with Gasteiger partial charge in [-0.2, -0.15) is 15.1 Å². The fraction of sp³-hybridized carbons (Fsp3) is 0.438. The molecule has 0 unspecified atom stereocenters. The van der Waals surface area contributed by atoms with Gasteiger partial charge in [0.1, 0.15) is 24.0 Å².